The van der Waals surface area contributed by atoms with Crippen LogP contribution in [0.5, 0.6) is 0 Å². The predicted molar refractivity (Wildman–Crippen MR) is 104 cm³/mol. The van der Waals surface area contributed by atoms with Gasteiger partial charge in [0.15, 0.2) is 0 Å². The van der Waals surface area contributed by atoms with Crippen LogP contribution < -0.4 is 5.19 Å². The summed E-state index contributed by atoms with van der Waals surface area (Å²) in [6.07, 6.45) is 0.111. The Kier molecular flexibility index (Phi) is 7.24. The van der Waals surface area contributed by atoms with Gasteiger partial charge in [-0.2, -0.15) is 0 Å². The normalized spacial score (nSPS) is 12.8. The molecule has 0 heterocycles. The van der Waals surface area contributed by atoms with Gasteiger partial charge in [-0.25, -0.2) is 0 Å². The van der Waals surface area contributed by atoms with E-state index in [0.29, 0.717) is 0 Å². The van der Waals surface area contributed by atoms with Crippen molar-refractivity contribution in [1.82, 2.24) is 0 Å². The highest BCUT2D eigenvalue weighted by atomic mass is 28.4. The molecule has 0 amide bonds. The van der Waals surface area contributed by atoms with Crippen molar-refractivity contribution in [3.63, 3.8) is 0 Å². The van der Waals surface area contributed by atoms with Crippen molar-refractivity contribution >= 4 is 14.0 Å². The summed E-state index contributed by atoms with van der Waals surface area (Å²) in [5.74, 6) is 0. The molecule has 1 rings (SSSR count). The third-order valence-electron chi connectivity index (χ3n) is 4.48. The zero-order chi connectivity index (χ0) is 18.8. The van der Waals surface area contributed by atoms with Gasteiger partial charge in [0.25, 0.3) is 0 Å². The molecule has 0 spiro atoms. The maximum Gasteiger partial charge on any atom is 0.538 e. The Labute approximate surface area is 150 Å². The lowest BCUT2D eigenvalue weighted by Crippen LogP contribution is -2.62. The summed E-state index contributed by atoms with van der Waals surface area (Å²) in [6.45, 7) is 23.2. The molecule has 3 nitrogen and oxygen atoms in total. The fourth-order valence-electron chi connectivity index (χ4n) is 3.15. The molecule has 0 aliphatic rings. The molecule has 0 aliphatic heterocycles. The van der Waals surface area contributed by atoms with Gasteiger partial charge in [0.1, 0.15) is 0 Å². The third-order valence-corrected chi connectivity index (χ3v) is 8.19. The Hall–Kier alpha value is -0.683. The SMILES string of the molecule is Cc1c(C)c(C)c([Si](OC(C)C)(OC(C)C)OC(C)C)c(C)c1C. The molecular formula is C20H36O3Si. The van der Waals surface area contributed by atoms with Gasteiger partial charge in [0.2, 0.25) is 0 Å². The van der Waals surface area contributed by atoms with Crippen LogP contribution >= 0.6 is 0 Å². The minimum Gasteiger partial charge on any atom is -0.367 e. The average Bonchev–Trinajstić information content (AvgIpc) is 2.40. The molecule has 0 aliphatic carbocycles. The van der Waals surface area contributed by atoms with Crippen molar-refractivity contribution in [3.8, 4) is 0 Å². The van der Waals surface area contributed by atoms with E-state index < -0.39 is 8.80 Å². The van der Waals surface area contributed by atoms with Crippen LogP contribution in [0.1, 0.15) is 69.4 Å². The highest BCUT2D eigenvalue weighted by Gasteiger charge is 2.49. The van der Waals surface area contributed by atoms with Crippen LogP contribution in [0, 0.1) is 34.6 Å². The number of hydrogen-bond acceptors (Lipinski definition) is 3. The topological polar surface area (TPSA) is 27.7 Å². The molecule has 4 heteroatoms. The largest absolute Gasteiger partial charge is 0.538 e. The summed E-state index contributed by atoms with van der Waals surface area (Å²) in [5, 5.41) is 1.15. The molecule has 0 saturated heterocycles. The lowest BCUT2D eigenvalue weighted by atomic mass is 9.95. The van der Waals surface area contributed by atoms with E-state index in [1.807, 2.05) is 41.5 Å². The molecule has 0 radical (unpaired) electrons. The van der Waals surface area contributed by atoms with Gasteiger partial charge in [-0.15, -0.1) is 0 Å². The number of benzene rings is 1. The van der Waals surface area contributed by atoms with Crippen LogP contribution in [-0.4, -0.2) is 27.1 Å². The summed E-state index contributed by atoms with van der Waals surface area (Å²) >= 11 is 0. The van der Waals surface area contributed by atoms with Gasteiger partial charge in [-0.3, -0.25) is 0 Å². The van der Waals surface area contributed by atoms with Crippen molar-refractivity contribution in [3.05, 3.63) is 27.8 Å². The Bertz CT molecular complexity index is 521. The average molecular weight is 353 g/mol. The molecular weight excluding hydrogens is 316 g/mol. The summed E-state index contributed by atoms with van der Waals surface area (Å²) < 4.78 is 19.4. The Morgan fingerprint density at radius 2 is 0.750 bits per heavy atom. The van der Waals surface area contributed by atoms with Crippen molar-refractivity contribution in [1.29, 1.82) is 0 Å². The molecule has 1 aromatic rings. The lowest BCUT2D eigenvalue weighted by molar-refractivity contribution is 0.0151. The minimum absolute atomic E-state index is 0.0369. The van der Waals surface area contributed by atoms with Crippen LogP contribution in [0.4, 0.5) is 0 Å². The van der Waals surface area contributed by atoms with E-state index in [-0.39, 0.29) is 18.3 Å². The van der Waals surface area contributed by atoms with E-state index in [0.717, 1.165) is 5.19 Å². The summed E-state index contributed by atoms with van der Waals surface area (Å²) in [4.78, 5) is 0. The summed E-state index contributed by atoms with van der Waals surface area (Å²) in [5.41, 5.74) is 6.43. The van der Waals surface area contributed by atoms with E-state index in [4.69, 9.17) is 13.3 Å². The zero-order valence-electron chi connectivity index (χ0n) is 17.5. The number of hydrogen-bond donors (Lipinski definition) is 0. The molecule has 0 unspecified atom stereocenters. The van der Waals surface area contributed by atoms with Gasteiger partial charge in [0.05, 0.1) is 0 Å². The van der Waals surface area contributed by atoms with E-state index in [9.17, 15) is 0 Å². The molecule has 24 heavy (non-hydrogen) atoms. The Balaban J connectivity index is 3.76. The van der Waals surface area contributed by atoms with Crippen molar-refractivity contribution in [2.75, 3.05) is 0 Å². The third kappa shape index (κ3) is 4.48. The van der Waals surface area contributed by atoms with E-state index >= 15 is 0 Å². The van der Waals surface area contributed by atoms with Gasteiger partial charge in [-0.1, -0.05) is 0 Å². The zero-order valence-corrected chi connectivity index (χ0v) is 18.5. The van der Waals surface area contributed by atoms with Crippen molar-refractivity contribution in [2.45, 2.75) is 94.5 Å². The maximum absolute atomic E-state index is 6.45. The fraction of sp³-hybridized carbons (Fsp3) is 0.700. The van der Waals surface area contributed by atoms with Gasteiger partial charge < -0.3 is 13.3 Å². The lowest BCUT2D eigenvalue weighted by Gasteiger charge is -2.37. The summed E-state index contributed by atoms with van der Waals surface area (Å²) in [6, 6.07) is 0. The van der Waals surface area contributed by atoms with Gasteiger partial charge >= 0.3 is 8.80 Å². The molecule has 0 N–H and O–H groups in total. The van der Waals surface area contributed by atoms with Crippen molar-refractivity contribution < 1.29 is 13.3 Å². The minimum atomic E-state index is -3.04. The second-order valence-electron chi connectivity index (χ2n) is 7.56. The van der Waals surface area contributed by atoms with Crippen LogP contribution in [0.2, 0.25) is 0 Å². The highest BCUT2D eigenvalue weighted by molar-refractivity contribution is 6.76. The molecule has 1 aromatic carbocycles. The molecule has 0 atom stereocenters. The Morgan fingerprint density at radius 1 is 0.500 bits per heavy atom. The number of rotatable bonds is 7. The molecule has 138 valence electrons. The van der Waals surface area contributed by atoms with E-state index in [1.54, 1.807) is 0 Å². The first-order valence-electron chi connectivity index (χ1n) is 9.03. The Morgan fingerprint density at radius 3 is 1.00 bits per heavy atom. The predicted octanol–water partition coefficient (Wildman–Crippen LogP) is 4.65. The molecule has 0 bridgehead atoms. The van der Waals surface area contributed by atoms with Crippen LogP contribution in [0.3, 0.4) is 0 Å². The van der Waals surface area contributed by atoms with Crippen molar-refractivity contribution in [2.24, 2.45) is 0 Å². The first kappa shape index (κ1) is 21.4. The second-order valence-corrected chi connectivity index (χ2v) is 9.88. The molecule has 0 fully saturated rings. The van der Waals surface area contributed by atoms with E-state index in [1.165, 1.54) is 27.8 Å². The maximum atomic E-state index is 6.45. The van der Waals surface area contributed by atoms with Crippen LogP contribution in [0.25, 0.3) is 0 Å². The smallest absolute Gasteiger partial charge is 0.367 e. The van der Waals surface area contributed by atoms with Crippen LogP contribution in [0.15, 0.2) is 0 Å². The highest BCUT2D eigenvalue weighted by Crippen LogP contribution is 2.26. The standard InChI is InChI=1S/C20H36O3Si/c1-12(2)21-24(22-13(3)4,23-14(5)6)20-18(10)16(8)15(7)17(9)19(20)11/h12-14H,1-11H3. The summed E-state index contributed by atoms with van der Waals surface area (Å²) in [7, 11) is -3.04. The molecule has 0 aromatic heterocycles. The van der Waals surface area contributed by atoms with Gasteiger partial charge in [0, 0.05) is 23.5 Å². The monoisotopic (exact) mass is 352 g/mol. The van der Waals surface area contributed by atoms with Gasteiger partial charge in [-0.05, 0) is 104 Å². The first-order chi connectivity index (χ1) is 10.9. The van der Waals surface area contributed by atoms with Crippen LogP contribution in [-0.2, 0) is 13.3 Å². The fourth-order valence-corrected chi connectivity index (χ4v) is 6.83. The molecule has 0 saturated carbocycles. The second kappa shape index (κ2) is 8.13. The van der Waals surface area contributed by atoms with E-state index in [2.05, 4.69) is 34.6 Å². The quantitative estimate of drug-likeness (QED) is 0.669. The first-order valence-corrected chi connectivity index (χ1v) is 10.8.